The number of nitrogens with one attached hydrogen (secondary N) is 1. The highest BCUT2D eigenvalue weighted by Crippen LogP contribution is 2.26. The van der Waals surface area contributed by atoms with Crippen LogP contribution >= 0.6 is 0 Å². The summed E-state index contributed by atoms with van der Waals surface area (Å²) < 4.78 is 5.81. The van der Waals surface area contributed by atoms with Gasteiger partial charge in [0, 0.05) is 30.7 Å². The molecule has 118 valence electrons. The normalized spacial score (nSPS) is 20.0. The van der Waals surface area contributed by atoms with Gasteiger partial charge in [-0.1, -0.05) is 26.7 Å². The standard InChI is InChI=1S/C18H30N2O/c1-14(2)11-20(17-5-3-4-6-17)12-18-9-15(13-21-18)10-19-16-7-8-16/h9,13-14,16-17,19H,3-8,10-12H2,1-2H3. The van der Waals surface area contributed by atoms with Gasteiger partial charge in [0.25, 0.3) is 0 Å². The van der Waals surface area contributed by atoms with Gasteiger partial charge in [-0.25, -0.2) is 0 Å². The van der Waals surface area contributed by atoms with Crippen molar-refractivity contribution in [2.75, 3.05) is 6.54 Å². The van der Waals surface area contributed by atoms with Crippen molar-refractivity contribution < 1.29 is 4.42 Å². The first-order valence-electron chi connectivity index (χ1n) is 8.74. The first-order chi connectivity index (χ1) is 10.2. The van der Waals surface area contributed by atoms with Crippen LogP contribution in [0.15, 0.2) is 16.7 Å². The largest absolute Gasteiger partial charge is 0.468 e. The van der Waals surface area contributed by atoms with Gasteiger partial charge < -0.3 is 9.73 Å². The minimum absolute atomic E-state index is 0.719. The van der Waals surface area contributed by atoms with Crippen LogP contribution in [0, 0.1) is 5.92 Å². The molecule has 3 nitrogen and oxygen atoms in total. The fourth-order valence-electron chi connectivity index (χ4n) is 3.43. The summed E-state index contributed by atoms with van der Waals surface area (Å²) in [6.07, 6.45) is 10.1. The van der Waals surface area contributed by atoms with E-state index in [0.29, 0.717) is 0 Å². The Balaban J connectivity index is 1.55. The minimum atomic E-state index is 0.719. The highest BCUT2D eigenvalue weighted by molar-refractivity contribution is 5.13. The molecular formula is C18H30N2O. The Morgan fingerprint density at radius 1 is 1.24 bits per heavy atom. The van der Waals surface area contributed by atoms with Crippen molar-refractivity contribution in [2.45, 2.75) is 77.5 Å². The summed E-state index contributed by atoms with van der Waals surface area (Å²) in [6.45, 7) is 7.75. The van der Waals surface area contributed by atoms with Gasteiger partial charge >= 0.3 is 0 Å². The van der Waals surface area contributed by atoms with E-state index in [4.69, 9.17) is 4.42 Å². The van der Waals surface area contributed by atoms with Crippen LogP contribution < -0.4 is 5.32 Å². The second kappa shape index (κ2) is 6.97. The van der Waals surface area contributed by atoms with Crippen molar-refractivity contribution in [2.24, 2.45) is 5.92 Å². The molecule has 21 heavy (non-hydrogen) atoms. The predicted octanol–water partition coefficient (Wildman–Crippen LogP) is 3.93. The van der Waals surface area contributed by atoms with Crippen LogP contribution in [-0.2, 0) is 13.1 Å². The van der Waals surface area contributed by atoms with Crippen molar-refractivity contribution in [1.29, 1.82) is 0 Å². The average Bonchev–Trinajstić information content (AvgIpc) is 2.94. The smallest absolute Gasteiger partial charge is 0.118 e. The van der Waals surface area contributed by atoms with Gasteiger partial charge in [-0.3, -0.25) is 4.90 Å². The molecular weight excluding hydrogens is 260 g/mol. The molecule has 1 aromatic rings. The summed E-state index contributed by atoms with van der Waals surface area (Å²) in [6, 6.07) is 3.78. The summed E-state index contributed by atoms with van der Waals surface area (Å²) in [5.41, 5.74) is 1.30. The van der Waals surface area contributed by atoms with E-state index < -0.39 is 0 Å². The third-order valence-corrected chi connectivity index (χ3v) is 4.68. The molecule has 3 heteroatoms. The molecule has 2 fully saturated rings. The molecule has 1 heterocycles. The summed E-state index contributed by atoms with van der Waals surface area (Å²) >= 11 is 0. The molecule has 0 aromatic carbocycles. The lowest BCUT2D eigenvalue weighted by molar-refractivity contribution is 0.156. The zero-order valence-corrected chi connectivity index (χ0v) is 13.6. The van der Waals surface area contributed by atoms with E-state index in [1.165, 1.54) is 50.6 Å². The summed E-state index contributed by atoms with van der Waals surface area (Å²) in [7, 11) is 0. The maximum Gasteiger partial charge on any atom is 0.118 e. The quantitative estimate of drug-likeness (QED) is 0.786. The molecule has 0 amide bonds. The Bertz CT molecular complexity index is 430. The second-order valence-corrected chi connectivity index (χ2v) is 7.34. The molecule has 1 N–H and O–H groups in total. The first-order valence-corrected chi connectivity index (χ1v) is 8.74. The Labute approximate surface area is 129 Å². The van der Waals surface area contributed by atoms with Gasteiger partial charge in [-0.15, -0.1) is 0 Å². The summed E-state index contributed by atoms with van der Waals surface area (Å²) in [4.78, 5) is 2.65. The lowest BCUT2D eigenvalue weighted by atomic mass is 10.1. The van der Waals surface area contributed by atoms with Crippen LogP contribution in [0.1, 0.15) is 63.7 Å². The highest BCUT2D eigenvalue weighted by atomic mass is 16.3. The summed E-state index contributed by atoms with van der Waals surface area (Å²) in [5, 5.41) is 3.55. The molecule has 2 saturated carbocycles. The van der Waals surface area contributed by atoms with Crippen LogP contribution in [0.5, 0.6) is 0 Å². The van der Waals surface area contributed by atoms with Crippen molar-refractivity contribution in [3.63, 3.8) is 0 Å². The van der Waals surface area contributed by atoms with E-state index in [1.54, 1.807) is 0 Å². The molecule has 1 aromatic heterocycles. The fraction of sp³-hybridized carbons (Fsp3) is 0.778. The SMILES string of the molecule is CC(C)CN(Cc1cc(CNC2CC2)co1)C1CCCC1. The first kappa shape index (κ1) is 15.1. The minimum Gasteiger partial charge on any atom is -0.468 e. The molecule has 0 aliphatic heterocycles. The zero-order valence-electron chi connectivity index (χ0n) is 13.6. The van der Waals surface area contributed by atoms with E-state index in [9.17, 15) is 0 Å². The van der Waals surface area contributed by atoms with Gasteiger partial charge in [0.15, 0.2) is 0 Å². The monoisotopic (exact) mass is 290 g/mol. The zero-order chi connectivity index (χ0) is 14.7. The Kier molecular flexibility index (Phi) is 5.02. The van der Waals surface area contributed by atoms with E-state index in [-0.39, 0.29) is 0 Å². The molecule has 0 radical (unpaired) electrons. The third kappa shape index (κ3) is 4.58. The molecule has 3 rings (SSSR count). The van der Waals surface area contributed by atoms with Crippen LogP contribution in [0.4, 0.5) is 0 Å². The van der Waals surface area contributed by atoms with Crippen molar-refractivity contribution in [3.8, 4) is 0 Å². The van der Waals surface area contributed by atoms with Crippen LogP contribution in [0.2, 0.25) is 0 Å². The van der Waals surface area contributed by atoms with Gasteiger partial charge in [0.2, 0.25) is 0 Å². The number of nitrogens with zero attached hydrogens (tertiary/aromatic N) is 1. The van der Waals surface area contributed by atoms with Gasteiger partial charge in [0.1, 0.15) is 5.76 Å². The average molecular weight is 290 g/mol. The van der Waals surface area contributed by atoms with Crippen molar-refractivity contribution >= 4 is 0 Å². The number of hydrogen-bond donors (Lipinski definition) is 1. The number of hydrogen-bond acceptors (Lipinski definition) is 3. The van der Waals surface area contributed by atoms with Gasteiger partial charge in [0.05, 0.1) is 12.8 Å². The fourth-order valence-corrected chi connectivity index (χ4v) is 3.43. The highest BCUT2D eigenvalue weighted by Gasteiger charge is 2.24. The molecule has 2 aliphatic carbocycles. The second-order valence-electron chi connectivity index (χ2n) is 7.34. The van der Waals surface area contributed by atoms with Crippen LogP contribution in [0.25, 0.3) is 0 Å². The summed E-state index contributed by atoms with van der Waals surface area (Å²) in [5.74, 6) is 1.85. The van der Waals surface area contributed by atoms with Crippen LogP contribution in [-0.4, -0.2) is 23.5 Å². The molecule has 2 aliphatic rings. The Hall–Kier alpha value is -0.800. The number of furan rings is 1. The molecule has 0 spiro atoms. The van der Waals surface area contributed by atoms with Crippen LogP contribution in [0.3, 0.4) is 0 Å². The van der Waals surface area contributed by atoms with Crippen molar-refractivity contribution in [1.82, 2.24) is 10.2 Å². The lowest BCUT2D eigenvalue weighted by Gasteiger charge is -2.29. The van der Waals surface area contributed by atoms with E-state index in [2.05, 4.69) is 30.1 Å². The maximum absolute atomic E-state index is 5.81. The maximum atomic E-state index is 5.81. The predicted molar refractivity (Wildman–Crippen MR) is 86.1 cm³/mol. The molecule has 0 unspecified atom stereocenters. The van der Waals surface area contributed by atoms with E-state index in [1.807, 2.05) is 6.26 Å². The molecule has 0 atom stereocenters. The van der Waals surface area contributed by atoms with E-state index in [0.717, 1.165) is 36.9 Å². The van der Waals surface area contributed by atoms with E-state index >= 15 is 0 Å². The Morgan fingerprint density at radius 3 is 2.67 bits per heavy atom. The molecule has 0 saturated heterocycles. The third-order valence-electron chi connectivity index (χ3n) is 4.68. The van der Waals surface area contributed by atoms with Gasteiger partial charge in [-0.2, -0.15) is 0 Å². The van der Waals surface area contributed by atoms with Crippen molar-refractivity contribution in [3.05, 3.63) is 23.7 Å². The lowest BCUT2D eigenvalue weighted by Crippen LogP contribution is -2.35. The topological polar surface area (TPSA) is 28.4 Å². The number of rotatable bonds is 8. The molecule has 0 bridgehead atoms. The Morgan fingerprint density at radius 2 is 2.00 bits per heavy atom. The van der Waals surface area contributed by atoms with Gasteiger partial charge in [-0.05, 0) is 37.7 Å².